The number of anilines is 1. The van der Waals surface area contributed by atoms with E-state index in [0.717, 1.165) is 5.69 Å². The number of carbonyl (C=O) groups is 2. The van der Waals surface area contributed by atoms with E-state index in [1.54, 1.807) is 19.2 Å². The number of likely N-dealkylation sites (N-methyl/N-ethyl adjacent to an activating group) is 1. The van der Waals surface area contributed by atoms with Crippen LogP contribution in [0.3, 0.4) is 0 Å². The van der Waals surface area contributed by atoms with Crippen molar-refractivity contribution in [2.75, 3.05) is 30.1 Å². The topological polar surface area (TPSA) is 46.6 Å². The summed E-state index contributed by atoms with van der Waals surface area (Å²) in [5.74, 6) is 1.61. The first-order chi connectivity index (χ1) is 12.6. The number of thioether (sulfide) groups is 2. The van der Waals surface area contributed by atoms with Crippen LogP contribution >= 0.6 is 23.5 Å². The minimum absolute atomic E-state index is 0.267. The number of nitrogens with zero attached hydrogens (tertiary/aromatic N) is 1. The molecule has 3 rings (SSSR count). The molecular formula is C20H21NO3S2. The van der Waals surface area contributed by atoms with Crippen LogP contribution in [0.5, 0.6) is 0 Å². The Morgan fingerprint density at radius 1 is 1.04 bits per heavy atom. The Morgan fingerprint density at radius 3 is 2.35 bits per heavy atom. The Labute approximate surface area is 162 Å². The minimum Gasteiger partial charge on any atom is -0.452 e. The van der Waals surface area contributed by atoms with E-state index in [-0.39, 0.29) is 12.5 Å². The van der Waals surface area contributed by atoms with Gasteiger partial charge in [0.2, 0.25) is 0 Å². The van der Waals surface area contributed by atoms with Gasteiger partial charge in [0.05, 0.1) is 10.1 Å². The third-order valence-electron chi connectivity index (χ3n) is 4.09. The van der Waals surface area contributed by atoms with Crippen molar-refractivity contribution in [2.45, 2.75) is 11.0 Å². The molecule has 1 fully saturated rings. The molecule has 0 aromatic heterocycles. The highest BCUT2D eigenvalue weighted by atomic mass is 32.2. The summed E-state index contributed by atoms with van der Waals surface area (Å²) in [5.41, 5.74) is 2.45. The Kier molecular flexibility index (Phi) is 6.63. The predicted molar refractivity (Wildman–Crippen MR) is 109 cm³/mol. The number of esters is 1. The van der Waals surface area contributed by atoms with Crippen LogP contribution in [0, 0.1) is 0 Å². The first-order valence-corrected chi connectivity index (χ1v) is 10.6. The normalized spacial score (nSPS) is 14.7. The monoisotopic (exact) mass is 387 g/mol. The standard InChI is InChI=1S/C20H21NO3S2/c1-21(17-6-3-2-4-7-17)18(22)14-24-19(23)15-8-10-16(11-9-15)20-25-12-5-13-26-20/h2-4,6-11,20H,5,12-14H2,1H3. The maximum absolute atomic E-state index is 12.2. The molecule has 0 unspecified atom stereocenters. The van der Waals surface area contributed by atoms with Crippen LogP contribution in [0.25, 0.3) is 0 Å². The third-order valence-corrected chi connectivity index (χ3v) is 7.11. The van der Waals surface area contributed by atoms with Crippen molar-refractivity contribution < 1.29 is 14.3 Å². The first kappa shape index (κ1) is 18.9. The molecule has 0 atom stereocenters. The fraction of sp³-hybridized carbons (Fsp3) is 0.300. The van der Waals surface area contributed by atoms with Gasteiger partial charge in [-0.3, -0.25) is 4.79 Å². The van der Waals surface area contributed by atoms with Gasteiger partial charge in [-0.1, -0.05) is 30.3 Å². The second-order valence-corrected chi connectivity index (χ2v) is 8.64. The van der Waals surface area contributed by atoms with Crippen molar-refractivity contribution in [2.24, 2.45) is 0 Å². The summed E-state index contributed by atoms with van der Waals surface area (Å²) in [6.45, 7) is -0.277. The van der Waals surface area contributed by atoms with Crippen LogP contribution in [0.2, 0.25) is 0 Å². The highest BCUT2D eigenvalue weighted by Crippen LogP contribution is 2.43. The maximum Gasteiger partial charge on any atom is 0.338 e. The van der Waals surface area contributed by atoms with Gasteiger partial charge in [0, 0.05) is 12.7 Å². The Bertz CT molecular complexity index is 743. The molecule has 26 heavy (non-hydrogen) atoms. The van der Waals surface area contributed by atoms with E-state index in [4.69, 9.17) is 4.74 Å². The van der Waals surface area contributed by atoms with Crippen LogP contribution in [-0.2, 0) is 9.53 Å². The van der Waals surface area contributed by atoms with Crippen LogP contribution in [0.4, 0.5) is 5.69 Å². The van der Waals surface area contributed by atoms with Gasteiger partial charge in [-0.15, -0.1) is 23.5 Å². The average molecular weight is 388 g/mol. The van der Waals surface area contributed by atoms with Gasteiger partial charge in [0.15, 0.2) is 6.61 Å². The zero-order chi connectivity index (χ0) is 18.4. The van der Waals surface area contributed by atoms with Gasteiger partial charge in [0.1, 0.15) is 0 Å². The van der Waals surface area contributed by atoms with Crippen LogP contribution in [0.1, 0.15) is 26.9 Å². The number of amides is 1. The molecule has 4 nitrogen and oxygen atoms in total. The number of para-hydroxylation sites is 1. The lowest BCUT2D eigenvalue weighted by molar-refractivity contribution is -0.121. The molecule has 6 heteroatoms. The lowest BCUT2D eigenvalue weighted by Gasteiger charge is -2.21. The molecule has 136 valence electrons. The molecule has 2 aromatic carbocycles. The van der Waals surface area contributed by atoms with E-state index >= 15 is 0 Å². The van der Waals surface area contributed by atoms with Gasteiger partial charge in [0.25, 0.3) is 5.91 Å². The maximum atomic E-state index is 12.2. The van der Waals surface area contributed by atoms with Gasteiger partial charge in [-0.25, -0.2) is 4.79 Å². The van der Waals surface area contributed by atoms with Gasteiger partial charge in [-0.2, -0.15) is 0 Å². The number of ether oxygens (including phenoxy) is 1. The number of hydrogen-bond acceptors (Lipinski definition) is 5. The first-order valence-electron chi connectivity index (χ1n) is 8.47. The molecular weight excluding hydrogens is 366 g/mol. The van der Waals surface area contributed by atoms with E-state index in [1.807, 2.05) is 66.0 Å². The molecule has 0 saturated carbocycles. The summed E-state index contributed by atoms with van der Waals surface area (Å²) < 4.78 is 5.62. The quantitative estimate of drug-likeness (QED) is 0.713. The Morgan fingerprint density at radius 2 is 1.69 bits per heavy atom. The molecule has 2 aromatic rings. The van der Waals surface area contributed by atoms with E-state index in [0.29, 0.717) is 10.1 Å². The number of rotatable bonds is 5. The molecule has 0 aliphatic carbocycles. The van der Waals surface area contributed by atoms with E-state index < -0.39 is 5.97 Å². The highest BCUT2D eigenvalue weighted by molar-refractivity contribution is 8.16. The number of carbonyl (C=O) groups excluding carboxylic acids is 2. The van der Waals surface area contributed by atoms with Gasteiger partial charge in [-0.05, 0) is 47.8 Å². The lowest BCUT2D eigenvalue weighted by Crippen LogP contribution is -2.31. The Balaban J connectivity index is 1.53. The zero-order valence-corrected chi connectivity index (χ0v) is 16.2. The molecule has 1 saturated heterocycles. The number of benzene rings is 2. The minimum atomic E-state index is -0.477. The lowest BCUT2D eigenvalue weighted by atomic mass is 10.1. The predicted octanol–water partition coefficient (Wildman–Crippen LogP) is 4.38. The second kappa shape index (κ2) is 9.14. The van der Waals surface area contributed by atoms with Crippen molar-refractivity contribution in [1.82, 2.24) is 0 Å². The fourth-order valence-corrected chi connectivity index (χ4v) is 5.45. The van der Waals surface area contributed by atoms with Crippen LogP contribution in [0.15, 0.2) is 54.6 Å². The van der Waals surface area contributed by atoms with Crippen molar-refractivity contribution in [3.05, 3.63) is 65.7 Å². The van der Waals surface area contributed by atoms with Crippen LogP contribution < -0.4 is 4.90 Å². The molecule has 1 aliphatic rings. The third kappa shape index (κ3) is 4.83. The summed E-state index contributed by atoms with van der Waals surface area (Å²) >= 11 is 3.88. The van der Waals surface area contributed by atoms with Crippen molar-refractivity contribution in [3.8, 4) is 0 Å². The van der Waals surface area contributed by atoms with E-state index in [9.17, 15) is 9.59 Å². The highest BCUT2D eigenvalue weighted by Gasteiger charge is 2.18. The summed E-state index contributed by atoms with van der Waals surface area (Å²) in [6, 6.07) is 16.8. The number of hydrogen-bond donors (Lipinski definition) is 0. The van der Waals surface area contributed by atoms with E-state index in [2.05, 4.69) is 0 Å². The van der Waals surface area contributed by atoms with Crippen LogP contribution in [-0.4, -0.2) is 37.0 Å². The molecule has 0 N–H and O–H groups in total. The summed E-state index contributed by atoms with van der Waals surface area (Å²) in [4.78, 5) is 25.9. The molecule has 0 spiro atoms. The van der Waals surface area contributed by atoms with Crippen molar-refractivity contribution in [1.29, 1.82) is 0 Å². The largest absolute Gasteiger partial charge is 0.452 e. The summed E-state index contributed by atoms with van der Waals surface area (Å²) in [5, 5.41) is 0. The molecule has 1 aliphatic heterocycles. The Hall–Kier alpha value is -1.92. The molecule has 0 bridgehead atoms. The fourth-order valence-electron chi connectivity index (χ4n) is 2.56. The summed E-state index contributed by atoms with van der Waals surface area (Å²) in [7, 11) is 1.67. The second-order valence-electron chi connectivity index (χ2n) is 5.91. The molecule has 0 radical (unpaired) electrons. The zero-order valence-electron chi connectivity index (χ0n) is 14.6. The molecule has 1 amide bonds. The molecule has 1 heterocycles. The van der Waals surface area contributed by atoms with Crippen molar-refractivity contribution in [3.63, 3.8) is 0 Å². The van der Waals surface area contributed by atoms with Gasteiger partial charge >= 0.3 is 5.97 Å². The van der Waals surface area contributed by atoms with Gasteiger partial charge < -0.3 is 9.64 Å². The summed E-state index contributed by atoms with van der Waals surface area (Å²) in [6.07, 6.45) is 1.25. The smallest absolute Gasteiger partial charge is 0.338 e. The van der Waals surface area contributed by atoms with Crippen molar-refractivity contribution >= 4 is 41.1 Å². The SMILES string of the molecule is CN(C(=O)COC(=O)c1ccc(C2SCCCS2)cc1)c1ccccc1. The average Bonchev–Trinajstić information content (AvgIpc) is 2.72. The van der Waals surface area contributed by atoms with E-state index in [1.165, 1.54) is 28.4 Å².